The SMILES string of the molecule is NNc1ncccc1CN1CCN(CC2CC2)CC1. The van der Waals surface area contributed by atoms with E-state index >= 15 is 0 Å². The summed E-state index contributed by atoms with van der Waals surface area (Å²) in [6, 6.07) is 4.07. The molecule has 1 aromatic heterocycles. The normalized spacial score (nSPS) is 21.5. The van der Waals surface area contributed by atoms with Crippen molar-refractivity contribution in [2.45, 2.75) is 19.4 Å². The molecule has 0 aromatic carbocycles. The van der Waals surface area contributed by atoms with Crippen LogP contribution in [0.15, 0.2) is 18.3 Å². The number of rotatable bonds is 5. The molecule has 2 heterocycles. The number of nitrogens with zero attached hydrogens (tertiary/aromatic N) is 3. The fourth-order valence-electron chi connectivity index (χ4n) is 2.73. The summed E-state index contributed by atoms with van der Waals surface area (Å²) in [6.07, 6.45) is 4.66. The largest absolute Gasteiger partial charge is 0.308 e. The van der Waals surface area contributed by atoms with Gasteiger partial charge in [-0.3, -0.25) is 4.90 Å². The summed E-state index contributed by atoms with van der Waals surface area (Å²) in [6.45, 7) is 6.93. The zero-order valence-corrected chi connectivity index (χ0v) is 11.4. The van der Waals surface area contributed by atoms with Crippen LogP contribution in [0.5, 0.6) is 0 Å². The first-order valence-electron chi connectivity index (χ1n) is 7.20. The third kappa shape index (κ3) is 3.43. The third-order valence-electron chi connectivity index (χ3n) is 4.10. The van der Waals surface area contributed by atoms with Gasteiger partial charge in [0.1, 0.15) is 5.82 Å². The lowest BCUT2D eigenvalue weighted by atomic mass is 10.2. The fraction of sp³-hybridized carbons (Fsp3) is 0.643. The van der Waals surface area contributed by atoms with Crippen LogP contribution >= 0.6 is 0 Å². The van der Waals surface area contributed by atoms with Gasteiger partial charge in [0, 0.05) is 51.0 Å². The Morgan fingerprint density at radius 1 is 1.21 bits per heavy atom. The Labute approximate surface area is 114 Å². The average Bonchev–Trinajstić information content (AvgIpc) is 3.26. The summed E-state index contributed by atoms with van der Waals surface area (Å²) < 4.78 is 0. The van der Waals surface area contributed by atoms with Crippen LogP contribution in [0.3, 0.4) is 0 Å². The van der Waals surface area contributed by atoms with Crippen molar-refractivity contribution in [1.82, 2.24) is 14.8 Å². The molecule has 1 aliphatic carbocycles. The minimum absolute atomic E-state index is 0.794. The van der Waals surface area contributed by atoms with Crippen molar-refractivity contribution >= 4 is 5.82 Å². The predicted molar refractivity (Wildman–Crippen MR) is 76.5 cm³/mol. The zero-order chi connectivity index (χ0) is 13.1. The summed E-state index contributed by atoms with van der Waals surface area (Å²) in [5.74, 6) is 7.29. The van der Waals surface area contributed by atoms with E-state index in [0.29, 0.717) is 0 Å². The topological polar surface area (TPSA) is 57.4 Å². The molecule has 1 saturated carbocycles. The zero-order valence-electron chi connectivity index (χ0n) is 11.4. The van der Waals surface area contributed by atoms with Crippen LogP contribution in [0, 0.1) is 5.92 Å². The molecule has 0 atom stereocenters. The first kappa shape index (κ1) is 12.8. The summed E-state index contributed by atoms with van der Waals surface area (Å²) in [7, 11) is 0. The number of nitrogen functional groups attached to an aromatic ring is 1. The van der Waals surface area contributed by atoms with Crippen molar-refractivity contribution in [2.75, 3.05) is 38.1 Å². The molecule has 3 N–H and O–H groups in total. The summed E-state index contributed by atoms with van der Waals surface area (Å²) >= 11 is 0. The standard InChI is InChI=1S/C14H23N5/c15-17-14-13(2-1-5-16-14)11-19-8-6-18(7-9-19)10-12-3-4-12/h1-2,5,12H,3-4,6-11,15H2,(H,16,17). The van der Waals surface area contributed by atoms with E-state index < -0.39 is 0 Å². The van der Waals surface area contributed by atoms with E-state index in [4.69, 9.17) is 5.84 Å². The van der Waals surface area contributed by atoms with Gasteiger partial charge < -0.3 is 10.3 Å². The molecular weight excluding hydrogens is 238 g/mol. The minimum atomic E-state index is 0.794. The van der Waals surface area contributed by atoms with Crippen LogP contribution < -0.4 is 11.3 Å². The van der Waals surface area contributed by atoms with Gasteiger partial charge in [0.15, 0.2) is 0 Å². The highest BCUT2D eigenvalue weighted by atomic mass is 15.3. The van der Waals surface area contributed by atoms with Crippen molar-refractivity contribution in [1.29, 1.82) is 0 Å². The van der Waals surface area contributed by atoms with Crippen molar-refractivity contribution in [2.24, 2.45) is 11.8 Å². The second-order valence-corrected chi connectivity index (χ2v) is 5.68. The average molecular weight is 261 g/mol. The van der Waals surface area contributed by atoms with Crippen LogP contribution in [0.4, 0.5) is 5.82 Å². The van der Waals surface area contributed by atoms with Crippen molar-refractivity contribution < 1.29 is 0 Å². The summed E-state index contributed by atoms with van der Waals surface area (Å²) in [4.78, 5) is 9.35. The molecular formula is C14H23N5. The van der Waals surface area contributed by atoms with Crippen LogP contribution in [0.2, 0.25) is 0 Å². The van der Waals surface area contributed by atoms with Gasteiger partial charge in [0.25, 0.3) is 0 Å². The highest BCUT2D eigenvalue weighted by Crippen LogP contribution is 2.30. The highest BCUT2D eigenvalue weighted by Gasteiger charge is 2.26. The van der Waals surface area contributed by atoms with Gasteiger partial charge in [0.05, 0.1) is 0 Å². The van der Waals surface area contributed by atoms with E-state index in [1.807, 2.05) is 6.07 Å². The van der Waals surface area contributed by atoms with E-state index in [2.05, 4.69) is 26.3 Å². The molecule has 0 amide bonds. The lowest BCUT2D eigenvalue weighted by Gasteiger charge is -2.34. The lowest BCUT2D eigenvalue weighted by Crippen LogP contribution is -2.46. The Morgan fingerprint density at radius 2 is 1.95 bits per heavy atom. The molecule has 3 rings (SSSR count). The fourth-order valence-corrected chi connectivity index (χ4v) is 2.73. The lowest BCUT2D eigenvalue weighted by molar-refractivity contribution is 0.123. The minimum Gasteiger partial charge on any atom is -0.308 e. The van der Waals surface area contributed by atoms with Gasteiger partial charge in [-0.1, -0.05) is 6.07 Å². The van der Waals surface area contributed by atoms with Crippen LogP contribution in [0.25, 0.3) is 0 Å². The van der Waals surface area contributed by atoms with E-state index in [0.717, 1.165) is 31.4 Å². The van der Waals surface area contributed by atoms with Crippen LogP contribution in [-0.4, -0.2) is 47.5 Å². The molecule has 0 bridgehead atoms. The number of pyridine rings is 1. The van der Waals surface area contributed by atoms with Gasteiger partial charge in [-0.2, -0.15) is 0 Å². The summed E-state index contributed by atoms with van der Waals surface area (Å²) in [5, 5.41) is 0. The first-order valence-corrected chi connectivity index (χ1v) is 7.20. The second-order valence-electron chi connectivity index (χ2n) is 5.68. The molecule has 2 fully saturated rings. The molecule has 5 heteroatoms. The molecule has 104 valence electrons. The Hall–Kier alpha value is -1.17. The van der Waals surface area contributed by atoms with Crippen LogP contribution in [-0.2, 0) is 6.54 Å². The second kappa shape index (κ2) is 5.86. The molecule has 2 aliphatic rings. The quantitative estimate of drug-likeness (QED) is 0.609. The predicted octanol–water partition coefficient (Wildman–Crippen LogP) is 0.895. The van der Waals surface area contributed by atoms with Gasteiger partial charge in [0.2, 0.25) is 0 Å². The number of anilines is 1. The number of nitrogens with one attached hydrogen (secondary N) is 1. The maximum Gasteiger partial charge on any atom is 0.144 e. The smallest absolute Gasteiger partial charge is 0.144 e. The Morgan fingerprint density at radius 3 is 2.63 bits per heavy atom. The Bertz CT molecular complexity index is 410. The van der Waals surface area contributed by atoms with Gasteiger partial charge in [-0.25, -0.2) is 10.8 Å². The first-order chi connectivity index (χ1) is 9.35. The van der Waals surface area contributed by atoms with Gasteiger partial charge >= 0.3 is 0 Å². The van der Waals surface area contributed by atoms with E-state index in [-0.39, 0.29) is 0 Å². The molecule has 1 aliphatic heterocycles. The van der Waals surface area contributed by atoms with Crippen molar-refractivity contribution in [3.63, 3.8) is 0 Å². The molecule has 0 unspecified atom stereocenters. The van der Waals surface area contributed by atoms with Crippen molar-refractivity contribution in [3.05, 3.63) is 23.9 Å². The van der Waals surface area contributed by atoms with E-state index in [9.17, 15) is 0 Å². The number of hydrazine groups is 1. The number of hydrogen-bond acceptors (Lipinski definition) is 5. The van der Waals surface area contributed by atoms with Crippen LogP contribution in [0.1, 0.15) is 18.4 Å². The molecule has 5 nitrogen and oxygen atoms in total. The highest BCUT2D eigenvalue weighted by molar-refractivity contribution is 5.42. The third-order valence-corrected chi connectivity index (χ3v) is 4.10. The Balaban J connectivity index is 1.50. The number of hydrogen-bond donors (Lipinski definition) is 2. The molecule has 19 heavy (non-hydrogen) atoms. The Kier molecular flexibility index (Phi) is 3.96. The number of nitrogens with two attached hydrogens (primary N) is 1. The molecule has 0 radical (unpaired) electrons. The molecule has 1 saturated heterocycles. The monoisotopic (exact) mass is 261 g/mol. The number of piperazine rings is 1. The van der Waals surface area contributed by atoms with E-state index in [1.54, 1.807) is 6.20 Å². The summed E-state index contributed by atoms with van der Waals surface area (Å²) in [5.41, 5.74) is 3.86. The van der Waals surface area contributed by atoms with Gasteiger partial charge in [-0.05, 0) is 24.8 Å². The molecule has 1 aromatic rings. The maximum absolute atomic E-state index is 5.50. The van der Waals surface area contributed by atoms with E-state index in [1.165, 1.54) is 38.0 Å². The van der Waals surface area contributed by atoms with Gasteiger partial charge in [-0.15, -0.1) is 0 Å². The van der Waals surface area contributed by atoms with Crippen molar-refractivity contribution in [3.8, 4) is 0 Å². The maximum atomic E-state index is 5.50. The number of aromatic nitrogens is 1. The molecule has 0 spiro atoms.